The number of ether oxygens (including phenoxy) is 1. The van der Waals surface area contributed by atoms with Gasteiger partial charge < -0.3 is 15.4 Å². The number of anilines is 1. The van der Waals surface area contributed by atoms with E-state index in [9.17, 15) is 9.18 Å². The van der Waals surface area contributed by atoms with Gasteiger partial charge in [-0.25, -0.2) is 9.07 Å². The fourth-order valence-corrected chi connectivity index (χ4v) is 2.61. The van der Waals surface area contributed by atoms with Gasteiger partial charge in [0.2, 0.25) is 5.91 Å². The highest BCUT2D eigenvalue weighted by molar-refractivity contribution is 5.95. The van der Waals surface area contributed by atoms with E-state index in [0.717, 1.165) is 5.69 Å². The molecule has 0 spiro atoms. The molecule has 0 unspecified atom stereocenters. The van der Waals surface area contributed by atoms with Crippen LogP contribution < -0.4 is 10.6 Å². The largest absolute Gasteiger partial charge is 0.380 e. The molecular weight excluding hydrogens is 299 g/mol. The molecule has 2 aromatic rings. The third-order valence-corrected chi connectivity index (χ3v) is 3.94. The molecule has 1 aromatic carbocycles. The Balaban J connectivity index is 1.70. The molecule has 122 valence electrons. The van der Waals surface area contributed by atoms with Crippen LogP contribution in [0.1, 0.15) is 12.1 Å². The number of benzene rings is 1. The molecule has 6 nitrogen and oxygen atoms in total. The molecule has 1 aliphatic rings. The van der Waals surface area contributed by atoms with Gasteiger partial charge in [-0.3, -0.25) is 4.79 Å². The number of aryl methyl sites for hydroxylation is 1. The molecule has 7 heteroatoms. The Kier molecular flexibility index (Phi) is 4.40. The lowest BCUT2D eigenvalue weighted by Gasteiger charge is -2.12. The number of halogens is 1. The van der Waals surface area contributed by atoms with Gasteiger partial charge in [-0.2, -0.15) is 5.10 Å². The normalized spacial score (nSPS) is 20.7. The zero-order valence-corrected chi connectivity index (χ0v) is 13.0. The maximum Gasteiger partial charge on any atom is 0.241 e. The van der Waals surface area contributed by atoms with Gasteiger partial charge >= 0.3 is 0 Å². The summed E-state index contributed by atoms with van der Waals surface area (Å²) in [5.41, 5.74) is 1.61. The number of rotatable bonds is 4. The van der Waals surface area contributed by atoms with E-state index < -0.39 is 5.82 Å². The van der Waals surface area contributed by atoms with Gasteiger partial charge in [0.25, 0.3) is 0 Å². The van der Waals surface area contributed by atoms with Crippen molar-refractivity contribution in [3.63, 3.8) is 0 Å². The van der Waals surface area contributed by atoms with E-state index in [1.165, 1.54) is 6.07 Å². The number of nitrogens with one attached hydrogen (secondary N) is 2. The van der Waals surface area contributed by atoms with Crippen LogP contribution in [-0.2, 0) is 9.53 Å². The molecule has 1 saturated heterocycles. The van der Waals surface area contributed by atoms with Crippen LogP contribution in [0.25, 0.3) is 5.69 Å². The second kappa shape index (κ2) is 6.47. The number of carbonyl (C=O) groups is 1. The molecule has 2 atom stereocenters. The van der Waals surface area contributed by atoms with Gasteiger partial charge in [-0.15, -0.1) is 0 Å². The smallest absolute Gasteiger partial charge is 0.241 e. The summed E-state index contributed by atoms with van der Waals surface area (Å²) in [5, 5.41) is 9.91. The van der Waals surface area contributed by atoms with Crippen LogP contribution in [0.5, 0.6) is 0 Å². The number of amides is 1. The van der Waals surface area contributed by atoms with Crippen molar-refractivity contribution in [2.24, 2.45) is 0 Å². The summed E-state index contributed by atoms with van der Waals surface area (Å²) in [6.45, 7) is 2.48. The average Bonchev–Trinajstić information content (AvgIpc) is 3.18. The Morgan fingerprint density at radius 2 is 2.30 bits per heavy atom. The first kappa shape index (κ1) is 15.6. The minimum absolute atomic E-state index is 0.0148. The van der Waals surface area contributed by atoms with Crippen molar-refractivity contribution >= 4 is 11.6 Å². The molecule has 1 fully saturated rings. The van der Waals surface area contributed by atoms with Crippen molar-refractivity contribution < 1.29 is 13.9 Å². The van der Waals surface area contributed by atoms with Crippen LogP contribution in [0, 0.1) is 12.7 Å². The lowest BCUT2D eigenvalue weighted by molar-refractivity contribution is -0.118. The lowest BCUT2D eigenvalue weighted by Crippen LogP contribution is -2.35. The molecule has 3 rings (SSSR count). The Bertz CT molecular complexity index is 716. The minimum Gasteiger partial charge on any atom is -0.380 e. The number of aromatic nitrogens is 2. The van der Waals surface area contributed by atoms with Crippen LogP contribution in [-0.4, -0.2) is 41.5 Å². The number of carbonyl (C=O) groups excluding carboxylic acids is 1. The third-order valence-electron chi connectivity index (χ3n) is 3.94. The Morgan fingerprint density at radius 3 is 2.91 bits per heavy atom. The predicted octanol–water partition coefficient (Wildman–Crippen LogP) is 1.64. The summed E-state index contributed by atoms with van der Waals surface area (Å²) in [7, 11) is 1.61. The van der Waals surface area contributed by atoms with E-state index in [1.54, 1.807) is 30.1 Å². The van der Waals surface area contributed by atoms with Gasteiger partial charge in [0, 0.05) is 25.9 Å². The van der Waals surface area contributed by atoms with E-state index >= 15 is 0 Å². The number of hydrogen-bond donors (Lipinski definition) is 2. The molecule has 23 heavy (non-hydrogen) atoms. The van der Waals surface area contributed by atoms with Gasteiger partial charge in [-0.05, 0) is 31.5 Å². The molecule has 1 aliphatic heterocycles. The van der Waals surface area contributed by atoms with Gasteiger partial charge in [0.1, 0.15) is 5.82 Å². The maximum absolute atomic E-state index is 14.2. The second-order valence-corrected chi connectivity index (χ2v) is 5.61. The molecule has 1 amide bonds. The molecule has 0 aliphatic carbocycles. The second-order valence-electron chi connectivity index (χ2n) is 5.61. The van der Waals surface area contributed by atoms with E-state index in [0.29, 0.717) is 18.7 Å². The lowest BCUT2D eigenvalue weighted by atomic mass is 10.2. The molecule has 2 N–H and O–H groups in total. The van der Waals surface area contributed by atoms with E-state index in [-0.39, 0.29) is 23.7 Å². The van der Waals surface area contributed by atoms with Gasteiger partial charge in [0.15, 0.2) is 0 Å². The summed E-state index contributed by atoms with van der Waals surface area (Å²) >= 11 is 0. The fourth-order valence-electron chi connectivity index (χ4n) is 2.61. The molecule has 1 aromatic heterocycles. The van der Waals surface area contributed by atoms with Crippen LogP contribution >= 0.6 is 0 Å². The highest BCUT2D eigenvalue weighted by Crippen LogP contribution is 2.19. The van der Waals surface area contributed by atoms with E-state index in [4.69, 9.17) is 4.74 Å². The Hall–Kier alpha value is -2.25. The zero-order chi connectivity index (χ0) is 16.4. The first-order chi connectivity index (χ1) is 11.1. The highest BCUT2D eigenvalue weighted by Gasteiger charge is 2.29. The topological polar surface area (TPSA) is 68.2 Å². The standard InChI is InChI=1S/C16H19FN4O2/c1-10-5-6-21(20-10)11-3-4-14(13(17)7-11)19-16(22)15-8-12(23-2)9-18-15/h3-7,12,15,18H,8-9H2,1-2H3,(H,19,22)/t12-,15-/m1/s1. The SMILES string of the molecule is CO[C@H]1CN[C@@H](C(=O)Nc2ccc(-n3ccc(C)n3)cc2F)C1. The summed E-state index contributed by atoms with van der Waals surface area (Å²) < 4.78 is 21.0. The Labute approximate surface area is 133 Å². The fraction of sp³-hybridized carbons (Fsp3) is 0.375. The highest BCUT2D eigenvalue weighted by atomic mass is 19.1. The summed E-state index contributed by atoms with van der Waals surface area (Å²) in [4.78, 5) is 12.2. The van der Waals surface area contributed by atoms with Gasteiger partial charge in [0.05, 0.1) is 29.2 Å². The third kappa shape index (κ3) is 3.40. The van der Waals surface area contributed by atoms with Crippen LogP contribution in [0.2, 0.25) is 0 Å². The summed E-state index contributed by atoms with van der Waals surface area (Å²) in [6.07, 6.45) is 2.35. The van der Waals surface area contributed by atoms with Crippen LogP contribution in [0.3, 0.4) is 0 Å². The molecular formula is C16H19FN4O2. The van der Waals surface area contributed by atoms with Crippen LogP contribution in [0.15, 0.2) is 30.5 Å². The zero-order valence-electron chi connectivity index (χ0n) is 13.0. The Morgan fingerprint density at radius 1 is 1.48 bits per heavy atom. The van der Waals surface area contributed by atoms with Crippen molar-refractivity contribution in [3.8, 4) is 5.69 Å². The van der Waals surface area contributed by atoms with Crippen molar-refractivity contribution in [1.82, 2.24) is 15.1 Å². The molecule has 0 radical (unpaired) electrons. The average molecular weight is 318 g/mol. The molecule has 2 heterocycles. The first-order valence-corrected chi connectivity index (χ1v) is 7.46. The molecule has 0 bridgehead atoms. The van der Waals surface area contributed by atoms with Crippen molar-refractivity contribution in [1.29, 1.82) is 0 Å². The predicted molar refractivity (Wildman–Crippen MR) is 84.1 cm³/mol. The number of nitrogens with zero attached hydrogens (tertiary/aromatic N) is 2. The molecule has 0 saturated carbocycles. The van der Waals surface area contributed by atoms with E-state index in [1.807, 2.05) is 13.0 Å². The quantitative estimate of drug-likeness (QED) is 0.899. The summed E-state index contributed by atoms with van der Waals surface area (Å²) in [6, 6.07) is 6.08. The number of hydrogen-bond acceptors (Lipinski definition) is 4. The minimum atomic E-state index is -0.495. The van der Waals surface area contributed by atoms with Crippen molar-refractivity contribution in [2.45, 2.75) is 25.5 Å². The van der Waals surface area contributed by atoms with Gasteiger partial charge in [-0.1, -0.05) is 0 Å². The van der Waals surface area contributed by atoms with Crippen molar-refractivity contribution in [2.75, 3.05) is 19.0 Å². The van der Waals surface area contributed by atoms with Crippen molar-refractivity contribution in [3.05, 3.63) is 42.0 Å². The first-order valence-electron chi connectivity index (χ1n) is 7.46. The van der Waals surface area contributed by atoms with E-state index in [2.05, 4.69) is 15.7 Å². The van der Waals surface area contributed by atoms with Crippen LogP contribution in [0.4, 0.5) is 10.1 Å². The maximum atomic E-state index is 14.2. The summed E-state index contributed by atoms with van der Waals surface area (Å²) in [5.74, 6) is -0.753. The number of methoxy groups -OCH3 is 1. The monoisotopic (exact) mass is 318 g/mol.